The number of nitrogens with two attached hydrogens (primary N) is 1. The number of aromatic hydroxyl groups is 1. The summed E-state index contributed by atoms with van der Waals surface area (Å²) in [6.45, 7) is 2.50. The normalized spacial score (nSPS) is 9.68. The maximum atomic E-state index is 11.4. The lowest BCUT2D eigenvalue weighted by Crippen LogP contribution is -3.00. The Kier molecular flexibility index (Phi) is 7.61. The number of aromatic nitrogens is 1. The van der Waals surface area contributed by atoms with Crippen molar-refractivity contribution in [2.75, 3.05) is 30.1 Å². The SMILES string of the molecule is CCOC(=O)Nc1ccc(NCc2ccc(O)c(OC)c2)[nH+]c1N.[Cl-]. The number of carbonyl (C=O) groups is 1. The van der Waals surface area contributed by atoms with Crippen molar-refractivity contribution in [3.63, 3.8) is 0 Å². The number of H-pyrrole nitrogens is 1. The smallest absolute Gasteiger partial charge is 0.411 e. The van der Waals surface area contributed by atoms with E-state index < -0.39 is 6.09 Å². The molecule has 136 valence electrons. The first-order chi connectivity index (χ1) is 11.5. The number of ether oxygens (including phenoxy) is 2. The van der Waals surface area contributed by atoms with Gasteiger partial charge in [-0.3, -0.25) is 5.32 Å². The highest BCUT2D eigenvalue weighted by atomic mass is 35.5. The monoisotopic (exact) mass is 368 g/mol. The number of halogens is 1. The molecule has 1 aromatic carbocycles. The number of nitrogens with one attached hydrogen (secondary N) is 3. The molecule has 0 saturated heterocycles. The van der Waals surface area contributed by atoms with Gasteiger partial charge < -0.3 is 38.0 Å². The van der Waals surface area contributed by atoms with Gasteiger partial charge in [0.15, 0.2) is 11.5 Å². The predicted octanol–water partition coefficient (Wildman–Crippen LogP) is -1.02. The van der Waals surface area contributed by atoms with E-state index in [0.717, 1.165) is 5.56 Å². The minimum atomic E-state index is -0.561. The number of hydrogen-bond acceptors (Lipinski definition) is 6. The van der Waals surface area contributed by atoms with Crippen molar-refractivity contribution in [3.05, 3.63) is 35.9 Å². The molecule has 2 rings (SSSR count). The van der Waals surface area contributed by atoms with E-state index in [0.29, 0.717) is 29.6 Å². The van der Waals surface area contributed by atoms with Gasteiger partial charge in [-0.05, 0) is 30.7 Å². The van der Waals surface area contributed by atoms with Gasteiger partial charge in [-0.15, -0.1) is 0 Å². The minimum Gasteiger partial charge on any atom is -1.00 e. The Morgan fingerprint density at radius 3 is 2.72 bits per heavy atom. The van der Waals surface area contributed by atoms with Crippen molar-refractivity contribution in [1.29, 1.82) is 0 Å². The van der Waals surface area contributed by atoms with Gasteiger partial charge in [-0.25, -0.2) is 9.78 Å². The fourth-order valence-corrected chi connectivity index (χ4v) is 2.03. The van der Waals surface area contributed by atoms with Crippen LogP contribution in [0.15, 0.2) is 30.3 Å². The molecule has 6 N–H and O–H groups in total. The Bertz CT molecular complexity index is 727. The number of carbonyl (C=O) groups excluding carboxylic acids is 1. The number of amides is 1. The molecule has 0 saturated carbocycles. The Labute approximate surface area is 151 Å². The first-order valence-corrected chi connectivity index (χ1v) is 7.38. The average Bonchev–Trinajstić information content (AvgIpc) is 2.56. The average molecular weight is 369 g/mol. The van der Waals surface area contributed by atoms with Gasteiger partial charge in [-0.1, -0.05) is 6.07 Å². The molecule has 1 aromatic heterocycles. The molecule has 0 aliphatic heterocycles. The van der Waals surface area contributed by atoms with E-state index >= 15 is 0 Å². The number of anilines is 3. The van der Waals surface area contributed by atoms with Crippen molar-refractivity contribution < 1.29 is 36.8 Å². The molecule has 1 amide bonds. The van der Waals surface area contributed by atoms with Crippen LogP contribution in [-0.4, -0.2) is 24.9 Å². The molecule has 9 heteroatoms. The standard InChI is InChI=1S/C16H20N4O4.ClH/c1-3-24-16(22)19-11-5-7-14(20-15(11)17)18-9-10-4-6-12(21)13(8-10)23-2;/h4-8,21H,3,9H2,1-2H3,(H,19,22)(H3,17,18,20);1H. The molecule has 0 unspecified atom stereocenters. The van der Waals surface area contributed by atoms with Gasteiger partial charge in [0, 0.05) is 6.07 Å². The molecule has 0 radical (unpaired) electrons. The molecule has 25 heavy (non-hydrogen) atoms. The number of phenols is 1. The molecule has 2 aromatic rings. The third-order valence-electron chi connectivity index (χ3n) is 3.22. The molecule has 0 spiro atoms. The van der Waals surface area contributed by atoms with Crippen LogP contribution in [0.1, 0.15) is 12.5 Å². The van der Waals surface area contributed by atoms with Gasteiger partial charge in [-0.2, -0.15) is 0 Å². The maximum Gasteiger partial charge on any atom is 0.411 e. The molecule has 0 aliphatic rings. The second kappa shape index (κ2) is 9.43. The summed E-state index contributed by atoms with van der Waals surface area (Å²) >= 11 is 0. The predicted molar refractivity (Wildman–Crippen MR) is 90.0 cm³/mol. The van der Waals surface area contributed by atoms with Crippen LogP contribution < -0.4 is 38.5 Å². The maximum absolute atomic E-state index is 11.4. The zero-order valence-corrected chi connectivity index (χ0v) is 14.7. The van der Waals surface area contributed by atoms with Gasteiger partial charge >= 0.3 is 6.09 Å². The summed E-state index contributed by atoms with van der Waals surface area (Å²) < 4.78 is 9.87. The number of aromatic amines is 1. The summed E-state index contributed by atoms with van der Waals surface area (Å²) in [5, 5.41) is 15.3. The zero-order valence-electron chi connectivity index (χ0n) is 13.9. The Morgan fingerprint density at radius 2 is 2.08 bits per heavy atom. The van der Waals surface area contributed by atoms with Gasteiger partial charge in [0.05, 0.1) is 20.3 Å². The lowest BCUT2D eigenvalue weighted by Gasteiger charge is -2.08. The number of pyridine rings is 1. The highest BCUT2D eigenvalue weighted by molar-refractivity contribution is 5.87. The van der Waals surface area contributed by atoms with E-state index in [1.165, 1.54) is 7.11 Å². The summed E-state index contributed by atoms with van der Waals surface area (Å²) in [4.78, 5) is 14.3. The molecule has 8 nitrogen and oxygen atoms in total. The number of benzene rings is 1. The zero-order chi connectivity index (χ0) is 17.5. The topological polar surface area (TPSA) is 120 Å². The lowest BCUT2D eigenvalue weighted by molar-refractivity contribution is -0.342. The fraction of sp³-hybridized carbons (Fsp3) is 0.250. The summed E-state index contributed by atoms with van der Waals surface area (Å²) in [5.74, 6) is 1.48. The Hall–Kier alpha value is -2.87. The van der Waals surface area contributed by atoms with E-state index in [9.17, 15) is 9.90 Å². The van der Waals surface area contributed by atoms with Crippen molar-refractivity contribution in [1.82, 2.24) is 0 Å². The van der Waals surface area contributed by atoms with Crippen molar-refractivity contribution >= 4 is 23.4 Å². The van der Waals surface area contributed by atoms with Crippen molar-refractivity contribution in [3.8, 4) is 11.5 Å². The van der Waals surface area contributed by atoms with Crippen LogP contribution in [0.5, 0.6) is 11.5 Å². The van der Waals surface area contributed by atoms with Gasteiger partial charge in [0.2, 0.25) is 11.6 Å². The quantitative estimate of drug-likeness (QED) is 0.518. The number of hydrogen-bond donors (Lipinski definition) is 4. The Balaban J connectivity index is 0.00000312. The summed E-state index contributed by atoms with van der Waals surface area (Å²) in [6.07, 6.45) is -0.561. The fourth-order valence-electron chi connectivity index (χ4n) is 2.03. The van der Waals surface area contributed by atoms with Gasteiger partial charge in [0.1, 0.15) is 5.69 Å². The minimum absolute atomic E-state index is 0. The molecular weight excluding hydrogens is 348 g/mol. The van der Waals surface area contributed by atoms with Crippen LogP contribution in [0.3, 0.4) is 0 Å². The van der Waals surface area contributed by atoms with Crippen LogP contribution in [0.4, 0.5) is 22.1 Å². The van der Waals surface area contributed by atoms with E-state index in [-0.39, 0.29) is 24.8 Å². The van der Waals surface area contributed by atoms with Crippen LogP contribution >= 0.6 is 0 Å². The van der Waals surface area contributed by atoms with Crippen LogP contribution in [-0.2, 0) is 11.3 Å². The third kappa shape index (κ3) is 5.61. The number of rotatable bonds is 6. The first-order valence-electron chi connectivity index (χ1n) is 7.38. The van der Waals surface area contributed by atoms with Crippen molar-refractivity contribution in [2.24, 2.45) is 0 Å². The highest BCUT2D eigenvalue weighted by Crippen LogP contribution is 2.26. The van der Waals surface area contributed by atoms with E-state index in [1.807, 2.05) is 0 Å². The van der Waals surface area contributed by atoms with Gasteiger partial charge in [0.25, 0.3) is 0 Å². The number of phenolic OH excluding ortho intramolecular Hbond substituents is 1. The number of nitrogen functional groups attached to an aromatic ring is 1. The number of methoxy groups -OCH3 is 1. The second-order valence-corrected chi connectivity index (χ2v) is 4.90. The largest absolute Gasteiger partial charge is 1.00 e. The molecule has 1 heterocycles. The highest BCUT2D eigenvalue weighted by Gasteiger charge is 2.11. The molecule has 0 fully saturated rings. The summed E-state index contributed by atoms with van der Waals surface area (Å²) in [5.41, 5.74) is 7.24. The van der Waals surface area contributed by atoms with Crippen LogP contribution in [0.25, 0.3) is 0 Å². The summed E-state index contributed by atoms with van der Waals surface area (Å²) in [7, 11) is 1.50. The van der Waals surface area contributed by atoms with Crippen LogP contribution in [0, 0.1) is 0 Å². The Morgan fingerprint density at radius 1 is 1.32 bits per heavy atom. The van der Waals surface area contributed by atoms with Crippen molar-refractivity contribution in [2.45, 2.75) is 13.5 Å². The molecule has 0 atom stereocenters. The second-order valence-electron chi connectivity index (χ2n) is 4.90. The molecule has 0 bridgehead atoms. The summed E-state index contributed by atoms with van der Waals surface area (Å²) in [6, 6.07) is 8.51. The lowest BCUT2D eigenvalue weighted by atomic mass is 10.2. The van der Waals surface area contributed by atoms with Crippen LogP contribution in [0.2, 0.25) is 0 Å². The van der Waals surface area contributed by atoms with E-state index in [4.69, 9.17) is 15.2 Å². The first kappa shape index (κ1) is 20.2. The van der Waals surface area contributed by atoms with E-state index in [1.54, 1.807) is 37.3 Å². The molecular formula is C16H21ClN4O4. The third-order valence-corrected chi connectivity index (χ3v) is 3.22. The van der Waals surface area contributed by atoms with E-state index in [2.05, 4.69) is 15.6 Å². The molecule has 0 aliphatic carbocycles.